The number of rotatable bonds is 5. The highest BCUT2D eigenvalue weighted by Gasteiger charge is 2.24. The molecule has 136 valence electrons. The fourth-order valence-corrected chi connectivity index (χ4v) is 3.21. The molecule has 6 heteroatoms. The van der Waals surface area contributed by atoms with Crippen LogP contribution in [-0.4, -0.2) is 50.2 Å². The van der Waals surface area contributed by atoms with Crippen LogP contribution in [0.5, 0.6) is 5.75 Å². The Morgan fingerprint density at radius 3 is 2.15 bits per heavy atom. The quantitative estimate of drug-likeness (QED) is 0.895. The van der Waals surface area contributed by atoms with E-state index in [0.29, 0.717) is 11.7 Å². The van der Waals surface area contributed by atoms with Crippen molar-refractivity contribution in [3.63, 3.8) is 0 Å². The highest BCUT2D eigenvalue weighted by Crippen LogP contribution is 2.23. The first-order chi connectivity index (χ1) is 12.7. The van der Waals surface area contributed by atoms with E-state index in [2.05, 4.69) is 32.2 Å². The lowest BCUT2D eigenvalue weighted by Crippen LogP contribution is -2.46. The molecule has 1 amide bonds. The minimum Gasteiger partial charge on any atom is -0.497 e. The van der Waals surface area contributed by atoms with Crippen LogP contribution in [0.15, 0.2) is 42.6 Å². The third kappa shape index (κ3) is 3.74. The Hall–Kier alpha value is -2.76. The van der Waals surface area contributed by atoms with Crippen LogP contribution in [0.4, 0.5) is 11.4 Å². The van der Waals surface area contributed by atoms with E-state index in [4.69, 9.17) is 4.74 Å². The predicted molar refractivity (Wildman–Crippen MR) is 102 cm³/mol. The fraction of sp³-hybridized carbons (Fsp3) is 0.400. The molecule has 0 spiro atoms. The van der Waals surface area contributed by atoms with Crippen molar-refractivity contribution in [2.24, 2.45) is 0 Å². The molecule has 1 aliphatic heterocycles. The third-order valence-corrected chi connectivity index (χ3v) is 4.98. The lowest BCUT2D eigenvalue weighted by Gasteiger charge is -2.37. The first-order valence-electron chi connectivity index (χ1n) is 9.14. The molecule has 2 heterocycles. The molecule has 6 nitrogen and oxygen atoms in total. The highest BCUT2D eigenvalue weighted by molar-refractivity contribution is 5.92. The number of methoxy groups -OCH3 is 1. The lowest BCUT2D eigenvalue weighted by molar-refractivity contribution is 0.0946. The maximum atomic E-state index is 12.0. The molecule has 2 aromatic rings. The van der Waals surface area contributed by atoms with Gasteiger partial charge in [0.25, 0.3) is 5.91 Å². The van der Waals surface area contributed by atoms with Gasteiger partial charge in [0.15, 0.2) is 0 Å². The highest BCUT2D eigenvalue weighted by atomic mass is 16.5. The molecule has 2 fully saturated rings. The Kier molecular flexibility index (Phi) is 4.65. The van der Waals surface area contributed by atoms with Crippen LogP contribution in [0.3, 0.4) is 0 Å². The van der Waals surface area contributed by atoms with Crippen LogP contribution in [0.25, 0.3) is 0 Å². The number of amides is 1. The second-order valence-corrected chi connectivity index (χ2v) is 6.82. The maximum absolute atomic E-state index is 12.0. The topological polar surface area (TPSA) is 57.7 Å². The van der Waals surface area contributed by atoms with E-state index in [1.54, 1.807) is 7.11 Å². The molecule has 0 bridgehead atoms. The van der Waals surface area contributed by atoms with E-state index < -0.39 is 0 Å². The molecular weight excluding hydrogens is 328 g/mol. The van der Waals surface area contributed by atoms with Gasteiger partial charge in [-0.1, -0.05) is 0 Å². The molecule has 0 atom stereocenters. The number of hydrogen-bond donors (Lipinski definition) is 1. The van der Waals surface area contributed by atoms with Gasteiger partial charge in [0.2, 0.25) is 0 Å². The number of hydrogen-bond acceptors (Lipinski definition) is 5. The molecule has 1 saturated carbocycles. The summed E-state index contributed by atoms with van der Waals surface area (Å²) in [7, 11) is 1.68. The molecule has 26 heavy (non-hydrogen) atoms. The van der Waals surface area contributed by atoms with E-state index >= 15 is 0 Å². The van der Waals surface area contributed by atoms with Crippen molar-refractivity contribution >= 4 is 17.3 Å². The van der Waals surface area contributed by atoms with Gasteiger partial charge in [-0.05, 0) is 49.2 Å². The van der Waals surface area contributed by atoms with Crippen molar-refractivity contribution in [3.8, 4) is 5.75 Å². The minimum absolute atomic E-state index is 0.0663. The van der Waals surface area contributed by atoms with E-state index in [9.17, 15) is 4.79 Å². The summed E-state index contributed by atoms with van der Waals surface area (Å²) in [5.41, 5.74) is 2.79. The average Bonchev–Trinajstić information content (AvgIpc) is 3.52. The van der Waals surface area contributed by atoms with Crippen LogP contribution < -0.4 is 19.9 Å². The molecule has 1 aromatic carbocycles. The molecule has 1 aliphatic carbocycles. The summed E-state index contributed by atoms with van der Waals surface area (Å²) in [4.78, 5) is 21.1. The van der Waals surface area contributed by atoms with Gasteiger partial charge in [-0.25, -0.2) is 4.98 Å². The number of carbonyl (C=O) groups is 1. The van der Waals surface area contributed by atoms with Crippen molar-refractivity contribution in [3.05, 3.63) is 48.3 Å². The second-order valence-electron chi connectivity index (χ2n) is 6.82. The molecule has 2 aliphatic rings. The van der Waals surface area contributed by atoms with E-state index in [0.717, 1.165) is 50.5 Å². The lowest BCUT2D eigenvalue weighted by atomic mass is 10.2. The molecule has 0 unspecified atom stereocenters. The van der Waals surface area contributed by atoms with Crippen molar-refractivity contribution in [1.29, 1.82) is 0 Å². The normalized spacial score (nSPS) is 17.1. The van der Waals surface area contributed by atoms with Gasteiger partial charge in [0.1, 0.15) is 11.4 Å². The van der Waals surface area contributed by atoms with Crippen LogP contribution in [-0.2, 0) is 0 Å². The standard InChI is InChI=1S/C20H24N4O2/c1-26-18-7-4-16(5-8-18)23-10-12-24(13-11-23)17-6-9-19(21-14-17)20(25)22-15-2-3-15/h4-9,14-15H,2-3,10-13H2,1H3,(H,22,25). The number of nitrogens with zero attached hydrogens (tertiary/aromatic N) is 3. The van der Waals surface area contributed by atoms with Crippen molar-refractivity contribution < 1.29 is 9.53 Å². The average molecular weight is 352 g/mol. The van der Waals surface area contributed by atoms with Crippen molar-refractivity contribution in [1.82, 2.24) is 10.3 Å². The molecule has 1 aromatic heterocycles. The van der Waals surface area contributed by atoms with Gasteiger partial charge in [-0.3, -0.25) is 4.79 Å². The van der Waals surface area contributed by atoms with Gasteiger partial charge < -0.3 is 19.9 Å². The number of pyridine rings is 1. The van der Waals surface area contributed by atoms with Gasteiger partial charge in [0, 0.05) is 37.9 Å². The summed E-state index contributed by atoms with van der Waals surface area (Å²) in [5, 5.41) is 2.97. The summed E-state index contributed by atoms with van der Waals surface area (Å²) in [6.45, 7) is 3.77. The fourth-order valence-electron chi connectivity index (χ4n) is 3.21. The maximum Gasteiger partial charge on any atom is 0.270 e. The summed E-state index contributed by atoms with van der Waals surface area (Å²) in [5.74, 6) is 0.813. The smallest absolute Gasteiger partial charge is 0.270 e. The monoisotopic (exact) mass is 352 g/mol. The zero-order valence-corrected chi connectivity index (χ0v) is 15.0. The third-order valence-electron chi connectivity index (χ3n) is 4.98. The first-order valence-corrected chi connectivity index (χ1v) is 9.14. The first kappa shape index (κ1) is 16.7. The van der Waals surface area contributed by atoms with Gasteiger partial charge in [0.05, 0.1) is 19.0 Å². The number of carbonyl (C=O) groups excluding carboxylic acids is 1. The van der Waals surface area contributed by atoms with Gasteiger partial charge in [-0.15, -0.1) is 0 Å². The summed E-state index contributed by atoms with van der Waals surface area (Å²) < 4.78 is 5.22. The Morgan fingerprint density at radius 2 is 1.62 bits per heavy atom. The van der Waals surface area contributed by atoms with Crippen LogP contribution in [0, 0.1) is 0 Å². The minimum atomic E-state index is -0.0663. The number of benzene rings is 1. The van der Waals surface area contributed by atoms with E-state index in [1.807, 2.05) is 30.5 Å². The predicted octanol–water partition coefficient (Wildman–Crippen LogP) is 2.31. The molecular formula is C20H24N4O2. The van der Waals surface area contributed by atoms with Gasteiger partial charge >= 0.3 is 0 Å². The number of anilines is 2. The van der Waals surface area contributed by atoms with Crippen LogP contribution in [0.2, 0.25) is 0 Å². The SMILES string of the molecule is COc1ccc(N2CCN(c3ccc(C(=O)NC4CC4)nc3)CC2)cc1. The Morgan fingerprint density at radius 1 is 1.00 bits per heavy atom. The number of piperazine rings is 1. The Balaban J connectivity index is 1.34. The number of nitrogens with one attached hydrogen (secondary N) is 1. The Bertz CT molecular complexity index is 748. The van der Waals surface area contributed by atoms with Crippen LogP contribution >= 0.6 is 0 Å². The zero-order valence-electron chi connectivity index (χ0n) is 15.0. The summed E-state index contributed by atoms with van der Waals surface area (Å²) in [6.07, 6.45) is 3.98. The number of aromatic nitrogens is 1. The zero-order chi connectivity index (χ0) is 17.9. The van der Waals surface area contributed by atoms with Crippen molar-refractivity contribution in [2.45, 2.75) is 18.9 Å². The molecule has 1 saturated heterocycles. The van der Waals surface area contributed by atoms with Crippen molar-refractivity contribution in [2.75, 3.05) is 43.1 Å². The second kappa shape index (κ2) is 7.23. The van der Waals surface area contributed by atoms with Crippen LogP contribution in [0.1, 0.15) is 23.3 Å². The number of ether oxygens (including phenoxy) is 1. The van der Waals surface area contributed by atoms with E-state index in [1.165, 1.54) is 5.69 Å². The molecule has 1 N–H and O–H groups in total. The summed E-state index contributed by atoms with van der Waals surface area (Å²) >= 11 is 0. The largest absolute Gasteiger partial charge is 0.497 e. The van der Waals surface area contributed by atoms with Gasteiger partial charge in [-0.2, -0.15) is 0 Å². The molecule has 0 radical (unpaired) electrons. The Labute approximate surface area is 153 Å². The molecule has 4 rings (SSSR count). The summed E-state index contributed by atoms with van der Waals surface area (Å²) in [6, 6.07) is 12.4. The van der Waals surface area contributed by atoms with E-state index in [-0.39, 0.29) is 5.91 Å².